The van der Waals surface area contributed by atoms with Crippen LogP contribution in [0.4, 0.5) is 23.0 Å². The van der Waals surface area contributed by atoms with Crippen molar-refractivity contribution in [3.05, 3.63) is 50.8 Å². The van der Waals surface area contributed by atoms with Gasteiger partial charge in [-0.1, -0.05) is 12.8 Å². The maximum atomic E-state index is 11.1. The van der Waals surface area contributed by atoms with E-state index in [0.717, 1.165) is 49.2 Å². The lowest BCUT2D eigenvalue weighted by Crippen LogP contribution is -2.06. The third kappa shape index (κ3) is 4.71. The summed E-state index contributed by atoms with van der Waals surface area (Å²) in [5.74, 6) is 0.796. The van der Waals surface area contributed by atoms with Crippen molar-refractivity contribution in [3.63, 3.8) is 0 Å². The summed E-state index contributed by atoms with van der Waals surface area (Å²) < 4.78 is 6.21. The number of aromatic nitrogens is 3. The molecule has 0 amide bonds. The molecule has 0 fully saturated rings. The van der Waals surface area contributed by atoms with Gasteiger partial charge in [0.05, 0.1) is 15.9 Å². The summed E-state index contributed by atoms with van der Waals surface area (Å²) in [5, 5.41) is 28.1. The molecule has 0 saturated carbocycles. The first-order valence-electron chi connectivity index (χ1n) is 8.75. The molecule has 2 N–H and O–H groups in total. The monoisotopic (exact) mass is 405 g/mol. The second-order valence-electron chi connectivity index (χ2n) is 6.07. The predicted octanol–water partition coefficient (Wildman–Crippen LogP) is 3.69. The Morgan fingerprint density at radius 1 is 1.04 bits per heavy atom. The van der Waals surface area contributed by atoms with Gasteiger partial charge in [0.1, 0.15) is 5.69 Å². The topological polar surface area (TPSA) is 141 Å². The number of imidazole rings is 1. The summed E-state index contributed by atoms with van der Waals surface area (Å²) in [7, 11) is 0. The number of hydrogen-bond donors (Lipinski definition) is 2. The Labute approximate surface area is 163 Å². The molecule has 11 nitrogen and oxygen atoms in total. The van der Waals surface area contributed by atoms with Crippen LogP contribution in [0.1, 0.15) is 25.7 Å². The van der Waals surface area contributed by atoms with Crippen LogP contribution in [0, 0.1) is 20.2 Å². The molecule has 0 unspecified atom stereocenters. The second kappa shape index (κ2) is 9.08. The van der Waals surface area contributed by atoms with Crippen LogP contribution in [-0.4, -0.2) is 36.7 Å². The van der Waals surface area contributed by atoms with E-state index in [9.17, 15) is 20.2 Å². The third-order valence-corrected chi connectivity index (χ3v) is 4.87. The molecule has 2 heterocycles. The van der Waals surface area contributed by atoms with E-state index in [1.165, 1.54) is 23.7 Å². The van der Waals surface area contributed by atoms with Gasteiger partial charge in [0, 0.05) is 43.1 Å². The summed E-state index contributed by atoms with van der Waals surface area (Å²) in [6.45, 7) is 1.37. The Balaban J connectivity index is 1.35. The highest BCUT2D eigenvalue weighted by Gasteiger charge is 2.18. The summed E-state index contributed by atoms with van der Waals surface area (Å²) in [5.41, 5.74) is -0.282. The number of nitrogens with one attached hydrogen (secondary N) is 2. The minimum Gasteiger partial charge on any atom is -0.379 e. The number of fused-ring (bicyclic) bond motifs is 1. The number of nitro benzene ring substituents is 2. The molecule has 0 radical (unpaired) electrons. The Hall–Kier alpha value is -3.28. The maximum absolute atomic E-state index is 11.1. The van der Waals surface area contributed by atoms with E-state index < -0.39 is 9.85 Å². The van der Waals surface area contributed by atoms with Crippen molar-refractivity contribution in [1.82, 2.24) is 13.8 Å². The largest absolute Gasteiger partial charge is 0.379 e. The van der Waals surface area contributed by atoms with E-state index >= 15 is 0 Å². The van der Waals surface area contributed by atoms with Gasteiger partial charge in [0.25, 0.3) is 11.4 Å². The molecule has 0 bridgehead atoms. The van der Waals surface area contributed by atoms with Crippen LogP contribution < -0.4 is 10.6 Å². The van der Waals surface area contributed by atoms with Crippen molar-refractivity contribution in [3.8, 4) is 0 Å². The minimum absolute atomic E-state index is 0.285. The number of nitro groups is 2. The molecule has 1 aromatic carbocycles. The minimum atomic E-state index is -0.645. The molecule has 28 heavy (non-hydrogen) atoms. The molecule has 0 atom stereocenters. The Morgan fingerprint density at radius 2 is 1.79 bits per heavy atom. The zero-order valence-corrected chi connectivity index (χ0v) is 15.7. The van der Waals surface area contributed by atoms with E-state index in [-0.39, 0.29) is 11.4 Å². The molecule has 0 aliphatic heterocycles. The average molecular weight is 405 g/mol. The number of non-ortho nitro benzene ring substituents is 1. The lowest BCUT2D eigenvalue weighted by Gasteiger charge is -2.07. The molecule has 2 aromatic heterocycles. The van der Waals surface area contributed by atoms with Gasteiger partial charge < -0.3 is 10.6 Å². The number of hydrogen-bond acceptors (Lipinski definition) is 9. The molecule has 3 aromatic rings. The molecular formula is C16H19N7O4S. The molecular weight excluding hydrogens is 386 g/mol. The first-order chi connectivity index (χ1) is 13.6. The first-order valence-corrected chi connectivity index (χ1v) is 9.53. The highest BCUT2D eigenvalue weighted by Crippen LogP contribution is 2.28. The summed E-state index contributed by atoms with van der Waals surface area (Å²) in [6.07, 6.45) is 7.40. The number of rotatable bonds is 11. The van der Waals surface area contributed by atoms with Crippen LogP contribution >= 0.6 is 11.5 Å². The molecule has 3 rings (SSSR count). The highest BCUT2D eigenvalue weighted by atomic mass is 32.1. The van der Waals surface area contributed by atoms with Gasteiger partial charge in [-0.15, -0.1) is 0 Å². The number of nitrogens with zero attached hydrogens (tertiary/aromatic N) is 5. The molecule has 0 aliphatic rings. The van der Waals surface area contributed by atoms with Gasteiger partial charge in [-0.05, 0) is 18.9 Å². The van der Waals surface area contributed by atoms with Crippen molar-refractivity contribution < 1.29 is 9.85 Å². The average Bonchev–Trinajstić information content (AvgIpc) is 3.28. The lowest BCUT2D eigenvalue weighted by atomic mass is 10.2. The van der Waals surface area contributed by atoms with E-state index in [1.807, 2.05) is 10.6 Å². The van der Waals surface area contributed by atoms with Gasteiger partial charge >= 0.3 is 0 Å². The molecule has 0 spiro atoms. The lowest BCUT2D eigenvalue weighted by molar-refractivity contribution is -0.393. The zero-order chi connectivity index (χ0) is 19.9. The van der Waals surface area contributed by atoms with Crippen LogP contribution in [0.2, 0.25) is 0 Å². The van der Waals surface area contributed by atoms with Crippen molar-refractivity contribution >= 4 is 39.5 Å². The maximum Gasteiger partial charge on any atom is 0.299 e. The van der Waals surface area contributed by atoms with Gasteiger partial charge in [-0.25, -0.2) is 4.98 Å². The molecule has 0 saturated heterocycles. The second-order valence-corrected chi connectivity index (χ2v) is 6.80. The van der Waals surface area contributed by atoms with Crippen molar-refractivity contribution in [2.24, 2.45) is 0 Å². The quantitative estimate of drug-likeness (QED) is 0.279. The normalized spacial score (nSPS) is 10.9. The van der Waals surface area contributed by atoms with Crippen LogP contribution in [0.5, 0.6) is 0 Å². The Bertz CT molecular complexity index is 971. The summed E-state index contributed by atoms with van der Waals surface area (Å²) >= 11 is 1.34. The van der Waals surface area contributed by atoms with E-state index in [1.54, 1.807) is 6.20 Å². The highest BCUT2D eigenvalue weighted by molar-refractivity contribution is 7.11. The van der Waals surface area contributed by atoms with Crippen LogP contribution in [0.15, 0.2) is 30.6 Å². The standard InChI is InChI=1S/C16H19N7O4S/c24-22(25)12-5-6-13(14(11-12)23(26)27)17-7-3-1-2-4-8-18-15-20-28-16-19-9-10-21(15)16/h5-6,9-11,17H,1-4,7-8H2,(H,18,20). The van der Waals surface area contributed by atoms with Gasteiger partial charge in [-0.3, -0.25) is 24.6 Å². The summed E-state index contributed by atoms with van der Waals surface area (Å²) in [6, 6.07) is 3.62. The van der Waals surface area contributed by atoms with E-state index in [0.29, 0.717) is 12.2 Å². The molecule has 0 aliphatic carbocycles. The number of unbranched alkanes of at least 4 members (excludes halogenated alkanes) is 3. The first kappa shape index (κ1) is 19.5. The summed E-state index contributed by atoms with van der Waals surface area (Å²) in [4.78, 5) is 25.6. The van der Waals surface area contributed by atoms with Crippen LogP contribution in [0.3, 0.4) is 0 Å². The van der Waals surface area contributed by atoms with Crippen LogP contribution in [0.25, 0.3) is 4.96 Å². The van der Waals surface area contributed by atoms with Gasteiger partial charge in [0.2, 0.25) is 10.9 Å². The van der Waals surface area contributed by atoms with E-state index in [4.69, 9.17) is 0 Å². The van der Waals surface area contributed by atoms with Gasteiger partial charge in [0.15, 0.2) is 0 Å². The number of benzene rings is 1. The molecule has 148 valence electrons. The predicted molar refractivity (Wildman–Crippen MR) is 106 cm³/mol. The smallest absolute Gasteiger partial charge is 0.299 e. The van der Waals surface area contributed by atoms with Gasteiger partial charge in [-0.2, -0.15) is 4.37 Å². The SMILES string of the molecule is O=[N+]([O-])c1ccc(NCCCCCCNc2nsc3nccn23)c([N+](=O)[O-])c1. The van der Waals surface area contributed by atoms with Crippen molar-refractivity contribution in [1.29, 1.82) is 0 Å². The van der Waals surface area contributed by atoms with Crippen molar-refractivity contribution in [2.45, 2.75) is 25.7 Å². The molecule has 12 heteroatoms. The fourth-order valence-electron chi connectivity index (χ4n) is 2.72. The van der Waals surface area contributed by atoms with Crippen molar-refractivity contribution in [2.75, 3.05) is 23.7 Å². The Kier molecular flexibility index (Phi) is 6.32. The third-order valence-electron chi connectivity index (χ3n) is 4.14. The van der Waals surface area contributed by atoms with E-state index in [2.05, 4.69) is 20.0 Å². The fraction of sp³-hybridized carbons (Fsp3) is 0.375. The zero-order valence-electron chi connectivity index (χ0n) is 14.9. The Morgan fingerprint density at radius 3 is 2.50 bits per heavy atom. The van der Waals surface area contributed by atoms with Crippen LogP contribution in [-0.2, 0) is 0 Å². The fourth-order valence-corrected chi connectivity index (χ4v) is 3.39. The number of anilines is 2.